The number of hydrogen-bond donors (Lipinski definition) is 3. The molecule has 0 bridgehead atoms. The van der Waals surface area contributed by atoms with E-state index in [4.69, 9.17) is 4.74 Å². The first kappa shape index (κ1) is 22.6. The van der Waals surface area contributed by atoms with Crippen LogP contribution in [0.3, 0.4) is 0 Å². The van der Waals surface area contributed by atoms with Crippen LogP contribution in [0.5, 0.6) is 5.75 Å². The molecule has 0 spiro atoms. The van der Waals surface area contributed by atoms with Crippen molar-refractivity contribution in [1.82, 2.24) is 16.0 Å². The average molecular weight is 445 g/mol. The maximum absolute atomic E-state index is 11.8. The highest BCUT2D eigenvalue weighted by Crippen LogP contribution is 2.17. The maximum atomic E-state index is 11.8. The highest BCUT2D eigenvalue weighted by atomic mass is 79.9. The summed E-state index contributed by atoms with van der Waals surface area (Å²) in [7, 11) is 1.69. The summed E-state index contributed by atoms with van der Waals surface area (Å²) < 4.78 is 6.70. The standard InChI is InChI=1S/C18H29BrN4O2S/c1-18(2,3)23-16(24)13-22-17(20-4)21-8-10-26-11-9-25-15-7-5-6-14(19)12-15/h5-7,12H,8-11,13H2,1-4H3,(H,23,24)(H2,20,21,22). The third kappa shape index (κ3) is 11.3. The quantitative estimate of drug-likeness (QED) is 0.310. The number of rotatable bonds is 9. The number of halogens is 1. The predicted octanol–water partition coefficient (Wildman–Crippen LogP) is 2.64. The molecule has 0 aromatic heterocycles. The molecule has 0 heterocycles. The fourth-order valence-electron chi connectivity index (χ4n) is 1.97. The van der Waals surface area contributed by atoms with Crippen molar-refractivity contribution in [1.29, 1.82) is 0 Å². The van der Waals surface area contributed by atoms with E-state index in [0.29, 0.717) is 12.6 Å². The van der Waals surface area contributed by atoms with Crippen LogP contribution in [-0.2, 0) is 4.79 Å². The van der Waals surface area contributed by atoms with E-state index >= 15 is 0 Å². The Morgan fingerprint density at radius 1 is 1.27 bits per heavy atom. The lowest BCUT2D eigenvalue weighted by molar-refractivity contribution is -0.121. The van der Waals surface area contributed by atoms with Gasteiger partial charge in [0.25, 0.3) is 0 Å². The van der Waals surface area contributed by atoms with Gasteiger partial charge in [-0.15, -0.1) is 0 Å². The van der Waals surface area contributed by atoms with Crippen molar-refractivity contribution in [2.24, 2.45) is 4.99 Å². The van der Waals surface area contributed by atoms with Crippen LogP contribution in [0.2, 0.25) is 0 Å². The smallest absolute Gasteiger partial charge is 0.239 e. The summed E-state index contributed by atoms with van der Waals surface area (Å²) in [5, 5.41) is 9.10. The Labute approximate surface area is 169 Å². The lowest BCUT2D eigenvalue weighted by atomic mass is 10.1. The van der Waals surface area contributed by atoms with E-state index in [1.54, 1.807) is 18.8 Å². The molecule has 0 aliphatic rings. The third-order valence-corrected chi connectivity index (χ3v) is 4.43. The summed E-state index contributed by atoms with van der Waals surface area (Å²) in [4.78, 5) is 15.9. The fraction of sp³-hybridized carbons (Fsp3) is 0.556. The Hall–Kier alpha value is -1.41. The molecule has 0 aliphatic carbocycles. The summed E-state index contributed by atoms with van der Waals surface area (Å²) in [6.45, 7) is 7.49. The number of ether oxygens (including phenoxy) is 1. The summed E-state index contributed by atoms with van der Waals surface area (Å²) >= 11 is 5.23. The van der Waals surface area contributed by atoms with Crippen LogP contribution >= 0.6 is 27.7 Å². The molecule has 6 nitrogen and oxygen atoms in total. The Kier molecular flexibility index (Phi) is 10.5. The predicted molar refractivity (Wildman–Crippen MR) is 114 cm³/mol. The van der Waals surface area contributed by atoms with Crippen LogP contribution in [0.15, 0.2) is 33.7 Å². The first-order valence-electron chi connectivity index (χ1n) is 8.52. The van der Waals surface area contributed by atoms with E-state index in [2.05, 4.69) is 36.9 Å². The van der Waals surface area contributed by atoms with Crippen molar-refractivity contribution in [2.45, 2.75) is 26.3 Å². The zero-order valence-corrected chi connectivity index (χ0v) is 18.3. The van der Waals surface area contributed by atoms with Crippen LogP contribution in [0.4, 0.5) is 0 Å². The molecule has 1 aromatic rings. The summed E-state index contributed by atoms with van der Waals surface area (Å²) in [5.74, 6) is 3.28. The number of nitrogens with zero attached hydrogens (tertiary/aromatic N) is 1. The number of thioether (sulfide) groups is 1. The Bertz CT molecular complexity index is 591. The van der Waals surface area contributed by atoms with Gasteiger partial charge >= 0.3 is 0 Å². The molecule has 1 aromatic carbocycles. The number of aliphatic imine (C=N–C) groups is 1. The molecular formula is C18H29BrN4O2S. The molecule has 0 atom stereocenters. The molecule has 0 fully saturated rings. The minimum atomic E-state index is -0.232. The van der Waals surface area contributed by atoms with Gasteiger partial charge < -0.3 is 20.7 Å². The Balaban J connectivity index is 2.09. The van der Waals surface area contributed by atoms with E-state index in [1.807, 2.05) is 45.0 Å². The Morgan fingerprint density at radius 2 is 2.04 bits per heavy atom. The molecule has 0 unspecified atom stereocenters. The molecule has 26 heavy (non-hydrogen) atoms. The second-order valence-electron chi connectivity index (χ2n) is 6.57. The minimum Gasteiger partial charge on any atom is -0.493 e. The molecule has 1 rings (SSSR count). The van der Waals surface area contributed by atoms with Crippen molar-refractivity contribution in [3.05, 3.63) is 28.7 Å². The molecule has 0 saturated heterocycles. The van der Waals surface area contributed by atoms with Gasteiger partial charge in [-0.25, -0.2) is 0 Å². The van der Waals surface area contributed by atoms with E-state index in [0.717, 1.165) is 28.3 Å². The van der Waals surface area contributed by atoms with Gasteiger partial charge in [-0.05, 0) is 39.0 Å². The molecule has 8 heteroatoms. The first-order valence-corrected chi connectivity index (χ1v) is 10.5. The molecule has 146 valence electrons. The van der Waals surface area contributed by atoms with Gasteiger partial charge in [0.15, 0.2) is 5.96 Å². The number of benzene rings is 1. The van der Waals surface area contributed by atoms with E-state index in [-0.39, 0.29) is 18.0 Å². The van der Waals surface area contributed by atoms with Gasteiger partial charge in [0.05, 0.1) is 13.2 Å². The fourth-order valence-corrected chi connectivity index (χ4v) is 3.00. The second kappa shape index (κ2) is 12.1. The van der Waals surface area contributed by atoms with E-state index < -0.39 is 0 Å². The average Bonchev–Trinajstić information content (AvgIpc) is 2.55. The topological polar surface area (TPSA) is 74.8 Å². The lowest BCUT2D eigenvalue weighted by Crippen LogP contribution is -2.48. The van der Waals surface area contributed by atoms with Gasteiger partial charge in [-0.2, -0.15) is 11.8 Å². The largest absolute Gasteiger partial charge is 0.493 e. The molecule has 0 saturated carbocycles. The monoisotopic (exact) mass is 444 g/mol. The zero-order chi connectivity index (χ0) is 19.4. The van der Waals surface area contributed by atoms with Crippen LogP contribution in [0.1, 0.15) is 20.8 Å². The van der Waals surface area contributed by atoms with Crippen molar-refractivity contribution >= 4 is 39.6 Å². The van der Waals surface area contributed by atoms with Crippen molar-refractivity contribution in [3.63, 3.8) is 0 Å². The van der Waals surface area contributed by atoms with Crippen LogP contribution in [-0.4, -0.2) is 55.7 Å². The molecule has 3 N–H and O–H groups in total. The highest BCUT2D eigenvalue weighted by molar-refractivity contribution is 9.10. The van der Waals surface area contributed by atoms with Crippen molar-refractivity contribution < 1.29 is 9.53 Å². The van der Waals surface area contributed by atoms with Crippen molar-refractivity contribution in [2.75, 3.05) is 38.2 Å². The van der Waals surface area contributed by atoms with Gasteiger partial charge in [0.2, 0.25) is 5.91 Å². The summed E-state index contributed by atoms with van der Waals surface area (Å²) in [6, 6.07) is 7.83. The lowest BCUT2D eigenvalue weighted by Gasteiger charge is -2.21. The number of carbonyl (C=O) groups excluding carboxylic acids is 1. The first-order chi connectivity index (χ1) is 12.3. The normalized spacial score (nSPS) is 11.8. The highest BCUT2D eigenvalue weighted by Gasteiger charge is 2.13. The van der Waals surface area contributed by atoms with Gasteiger partial charge in [0, 0.05) is 35.1 Å². The SMILES string of the molecule is CN=C(NCCSCCOc1cccc(Br)c1)NCC(=O)NC(C)(C)C. The Morgan fingerprint density at radius 3 is 2.69 bits per heavy atom. The van der Waals surface area contributed by atoms with E-state index in [9.17, 15) is 4.79 Å². The van der Waals surface area contributed by atoms with Crippen LogP contribution < -0.4 is 20.7 Å². The number of guanidine groups is 1. The van der Waals surface area contributed by atoms with Crippen molar-refractivity contribution in [3.8, 4) is 5.75 Å². The molecule has 1 amide bonds. The van der Waals surface area contributed by atoms with E-state index in [1.165, 1.54) is 0 Å². The zero-order valence-electron chi connectivity index (χ0n) is 15.9. The molecular weight excluding hydrogens is 416 g/mol. The van der Waals surface area contributed by atoms with Gasteiger partial charge in [-0.1, -0.05) is 22.0 Å². The van der Waals surface area contributed by atoms with Crippen LogP contribution in [0, 0.1) is 0 Å². The number of nitrogens with one attached hydrogen (secondary N) is 3. The maximum Gasteiger partial charge on any atom is 0.239 e. The molecule has 0 radical (unpaired) electrons. The summed E-state index contributed by atoms with van der Waals surface area (Å²) in [6.07, 6.45) is 0. The summed E-state index contributed by atoms with van der Waals surface area (Å²) in [5.41, 5.74) is -0.232. The third-order valence-electron chi connectivity index (χ3n) is 2.99. The molecule has 0 aliphatic heterocycles. The number of hydrogen-bond acceptors (Lipinski definition) is 4. The van der Waals surface area contributed by atoms with Gasteiger partial charge in [0.1, 0.15) is 5.75 Å². The number of amides is 1. The second-order valence-corrected chi connectivity index (χ2v) is 8.71. The van der Waals surface area contributed by atoms with Crippen LogP contribution in [0.25, 0.3) is 0 Å². The number of carbonyl (C=O) groups is 1. The van der Waals surface area contributed by atoms with Gasteiger partial charge in [-0.3, -0.25) is 9.79 Å². The minimum absolute atomic E-state index is 0.0560.